The Labute approximate surface area is 76.5 Å². The molecule has 0 aliphatic rings. The molecule has 0 unspecified atom stereocenters. The van der Waals surface area contributed by atoms with Crippen molar-refractivity contribution in [3.05, 3.63) is 0 Å². The topological polar surface area (TPSA) is 35.2 Å². The van der Waals surface area contributed by atoms with Gasteiger partial charge in [0.1, 0.15) is 0 Å². The number of hydrogen-bond donors (Lipinski definition) is 1. The molecule has 0 amide bonds. The van der Waals surface area contributed by atoms with E-state index in [1.807, 2.05) is 0 Å². The maximum absolute atomic E-state index is 5.42. The van der Waals surface area contributed by atoms with Crippen LogP contribution in [0.4, 0.5) is 0 Å². The summed E-state index contributed by atoms with van der Waals surface area (Å²) in [5.74, 6) is 0. The van der Waals surface area contributed by atoms with Gasteiger partial charge in [-0.15, -0.1) is 0 Å². The molecule has 0 saturated carbocycles. The van der Waals surface area contributed by atoms with Gasteiger partial charge < -0.3 is 10.5 Å². The second-order valence-electron chi connectivity index (χ2n) is 3.24. The highest BCUT2D eigenvalue weighted by molar-refractivity contribution is 4.57. The molecule has 0 bridgehead atoms. The van der Waals surface area contributed by atoms with Gasteiger partial charge in [0.2, 0.25) is 0 Å². The molecule has 0 radical (unpaired) electrons. The van der Waals surface area contributed by atoms with Gasteiger partial charge in [-0.25, -0.2) is 0 Å². The zero-order valence-corrected chi connectivity index (χ0v) is 8.51. The molecule has 2 heteroatoms. The van der Waals surface area contributed by atoms with Crippen LogP contribution in [0.5, 0.6) is 0 Å². The molecule has 0 aromatic rings. The van der Waals surface area contributed by atoms with Crippen LogP contribution >= 0.6 is 0 Å². The molecule has 0 aliphatic heterocycles. The van der Waals surface area contributed by atoms with E-state index in [0.29, 0.717) is 12.8 Å². The fraction of sp³-hybridized carbons (Fsp3) is 1.00. The Hall–Kier alpha value is -0.0800. The van der Waals surface area contributed by atoms with E-state index in [9.17, 15) is 0 Å². The maximum Gasteiger partial charge on any atom is 0.0944 e. The number of rotatable bonds is 8. The minimum atomic E-state index is 0.373. The second-order valence-corrected chi connectivity index (χ2v) is 3.24. The highest BCUT2D eigenvalue weighted by Gasteiger charge is 2.06. The van der Waals surface area contributed by atoms with Gasteiger partial charge in [-0.1, -0.05) is 39.5 Å². The van der Waals surface area contributed by atoms with Gasteiger partial charge in [0.15, 0.2) is 0 Å². The van der Waals surface area contributed by atoms with E-state index in [-0.39, 0.29) is 0 Å². The molecule has 2 N–H and O–H groups in total. The second kappa shape index (κ2) is 9.01. The Morgan fingerprint density at radius 1 is 1.08 bits per heavy atom. The third-order valence-corrected chi connectivity index (χ3v) is 2.09. The highest BCUT2D eigenvalue weighted by atomic mass is 16.5. The van der Waals surface area contributed by atoms with Crippen LogP contribution < -0.4 is 5.73 Å². The van der Waals surface area contributed by atoms with Gasteiger partial charge in [-0.2, -0.15) is 0 Å². The Morgan fingerprint density at radius 3 is 1.92 bits per heavy atom. The molecule has 0 fully saturated rings. The van der Waals surface area contributed by atoms with Crippen molar-refractivity contribution in [1.29, 1.82) is 0 Å². The molecular weight excluding hydrogens is 150 g/mol. The van der Waals surface area contributed by atoms with E-state index in [0.717, 1.165) is 0 Å². The molecule has 74 valence electrons. The number of nitrogens with two attached hydrogens (primary N) is 1. The van der Waals surface area contributed by atoms with Crippen molar-refractivity contribution < 1.29 is 4.74 Å². The summed E-state index contributed by atoms with van der Waals surface area (Å²) in [6.45, 7) is 4.79. The smallest absolute Gasteiger partial charge is 0.0944 e. The summed E-state index contributed by atoms with van der Waals surface area (Å²) >= 11 is 0. The molecule has 2 nitrogen and oxygen atoms in total. The van der Waals surface area contributed by atoms with Crippen LogP contribution in [0.3, 0.4) is 0 Å². The van der Waals surface area contributed by atoms with Gasteiger partial charge in [0, 0.05) is 0 Å². The monoisotopic (exact) mass is 173 g/mol. The zero-order valence-electron chi connectivity index (χ0n) is 8.51. The Kier molecular flexibility index (Phi) is 8.95. The average Bonchev–Trinajstić information content (AvgIpc) is 2.10. The quantitative estimate of drug-likeness (QED) is 0.573. The van der Waals surface area contributed by atoms with Crippen molar-refractivity contribution in [1.82, 2.24) is 0 Å². The maximum atomic E-state index is 5.42. The van der Waals surface area contributed by atoms with Crippen LogP contribution in [-0.2, 0) is 4.74 Å². The molecule has 12 heavy (non-hydrogen) atoms. The average molecular weight is 173 g/mol. The number of ether oxygens (including phenoxy) is 1. The molecule has 0 rings (SSSR count). The van der Waals surface area contributed by atoms with E-state index in [1.54, 1.807) is 0 Å². The minimum Gasteiger partial charge on any atom is -0.363 e. The third-order valence-electron chi connectivity index (χ3n) is 2.09. The van der Waals surface area contributed by atoms with Gasteiger partial charge in [0.25, 0.3) is 0 Å². The lowest BCUT2D eigenvalue weighted by Gasteiger charge is -2.15. The van der Waals surface area contributed by atoms with Crippen molar-refractivity contribution in [3.63, 3.8) is 0 Å². The predicted molar refractivity (Wildman–Crippen MR) is 53.0 cm³/mol. The van der Waals surface area contributed by atoms with Crippen molar-refractivity contribution in [2.45, 2.75) is 58.5 Å². The Morgan fingerprint density at radius 2 is 1.58 bits per heavy atom. The first-order valence-electron chi connectivity index (χ1n) is 5.16. The molecule has 0 aromatic carbocycles. The van der Waals surface area contributed by atoms with Crippen molar-refractivity contribution in [2.75, 3.05) is 6.73 Å². The lowest BCUT2D eigenvalue weighted by Crippen LogP contribution is -2.17. The number of hydrogen-bond acceptors (Lipinski definition) is 2. The summed E-state index contributed by atoms with van der Waals surface area (Å²) in [6.07, 6.45) is 7.77. The third kappa shape index (κ3) is 6.62. The van der Waals surface area contributed by atoms with Gasteiger partial charge in [0.05, 0.1) is 12.8 Å². The van der Waals surface area contributed by atoms with Crippen LogP contribution in [0.2, 0.25) is 0 Å². The molecule has 0 spiro atoms. The zero-order chi connectivity index (χ0) is 9.23. The fourth-order valence-corrected chi connectivity index (χ4v) is 1.31. The van der Waals surface area contributed by atoms with E-state index in [4.69, 9.17) is 10.5 Å². The molecule has 0 aliphatic carbocycles. The fourth-order valence-electron chi connectivity index (χ4n) is 1.31. The lowest BCUT2D eigenvalue weighted by atomic mass is 10.1. The standard InChI is InChI=1S/C10H23NO/c1-3-5-7-10(12-9-11)8-6-4-2/h10H,3-9,11H2,1-2H3. The summed E-state index contributed by atoms with van der Waals surface area (Å²) in [5.41, 5.74) is 5.35. The van der Waals surface area contributed by atoms with Gasteiger partial charge in [-0.3, -0.25) is 0 Å². The summed E-state index contributed by atoms with van der Waals surface area (Å²) in [6, 6.07) is 0. The number of unbranched alkanes of at least 4 members (excludes halogenated alkanes) is 2. The normalized spacial score (nSPS) is 11.0. The van der Waals surface area contributed by atoms with Crippen LogP contribution in [0.1, 0.15) is 52.4 Å². The summed E-state index contributed by atoms with van der Waals surface area (Å²) in [4.78, 5) is 0. The first kappa shape index (κ1) is 11.9. The first-order valence-corrected chi connectivity index (χ1v) is 5.16. The SMILES string of the molecule is CCCCC(CCCC)OCN. The summed E-state index contributed by atoms with van der Waals surface area (Å²) < 4.78 is 5.42. The minimum absolute atomic E-state index is 0.373. The molecular formula is C10H23NO. The molecule has 0 saturated heterocycles. The van der Waals surface area contributed by atoms with Crippen molar-refractivity contribution in [2.24, 2.45) is 5.73 Å². The van der Waals surface area contributed by atoms with Gasteiger partial charge >= 0.3 is 0 Å². The van der Waals surface area contributed by atoms with Crippen LogP contribution in [0.25, 0.3) is 0 Å². The largest absolute Gasteiger partial charge is 0.363 e. The van der Waals surface area contributed by atoms with Crippen LogP contribution in [0, 0.1) is 0 Å². The van der Waals surface area contributed by atoms with Crippen molar-refractivity contribution in [3.8, 4) is 0 Å². The van der Waals surface area contributed by atoms with Gasteiger partial charge in [-0.05, 0) is 12.8 Å². The van der Waals surface area contributed by atoms with Crippen LogP contribution in [-0.4, -0.2) is 12.8 Å². The summed E-state index contributed by atoms with van der Waals surface area (Å²) in [7, 11) is 0. The predicted octanol–water partition coefficient (Wildman–Crippen LogP) is 2.67. The Bertz CT molecular complexity index is 77.9. The van der Waals surface area contributed by atoms with Crippen molar-refractivity contribution >= 4 is 0 Å². The van der Waals surface area contributed by atoms with Crippen LogP contribution in [0.15, 0.2) is 0 Å². The lowest BCUT2D eigenvalue weighted by molar-refractivity contribution is 0.0431. The highest BCUT2D eigenvalue weighted by Crippen LogP contribution is 2.11. The molecule has 0 heterocycles. The first-order chi connectivity index (χ1) is 5.85. The molecule has 0 aromatic heterocycles. The molecule has 0 atom stereocenters. The van der Waals surface area contributed by atoms with E-state index < -0.39 is 0 Å². The Balaban J connectivity index is 3.40. The summed E-state index contributed by atoms with van der Waals surface area (Å²) in [5, 5.41) is 0. The van der Waals surface area contributed by atoms with E-state index in [2.05, 4.69) is 13.8 Å². The van der Waals surface area contributed by atoms with E-state index in [1.165, 1.54) is 38.5 Å². The van der Waals surface area contributed by atoms with E-state index >= 15 is 0 Å².